The van der Waals surface area contributed by atoms with Crippen molar-refractivity contribution < 1.29 is 4.42 Å². The maximum absolute atomic E-state index is 5.40. The molecule has 0 amide bonds. The summed E-state index contributed by atoms with van der Waals surface area (Å²) < 4.78 is 7.63. The molecule has 0 unspecified atom stereocenters. The normalized spacial score (nSPS) is 10.7. The van der Waals surface area contributed by atoms with E-state index in [1.807, 2.05) is 23.9 Å². The van der Waals surface area contributed by atoms with Gasteiger partial charge in [-0.2, -0.15) is 11.8 Å². The molecular weight excluding hydrogens is 206 g/mol. The zero-order valence-electron chi connectivity index (χ0n) is 8.85. The fourth-order valence-corrected chi connectivity index (χ4v) is 2.18. The maximum atomic E-state index is 5.40. The Bertz CT molecular complexity index is 391. The lowest BCUT2D eigenvalue weighted by atomic mass is 10.3. The standard InChI is InChI=1S/C12H15NOS/c1-2-15-10-8-13-7-3-5-11(13)12-6-4-9-14-12/h3-7,9H,2,8,10H2,1H3. The van der Waals surface area contributed by atoms with Gasteiger partial charge >= 0.3 is 0 Å². The summed E-state index contributed by atoms with van der Waals surface area (Å²) in [5, 5.41) is 0. The molecule has 0 aliphatic heterocycles. The number of hydrogen-bond donors (Lipinski definition) is 0. The van der Waals surface area contributed by atoms with Gasteiger partial charge in [-0.25, -0.2) is 0 Å². The molecule has 0 saturated heterocycles. The first-order valence-electron chi connectivity index (χ1n) is 5.18. The van der Waals surface area contributed by atoms with Crippen LogP contribution in [0.5, 0.6) is 0 Å². The first-order chi connectivity index (χ1) is 7.42. The molecule has 0 aliphatic rings. The third-order valence-electron chi connectivity index (χ3n) is 2.28. The number of furan rings is 1. The summed E-state index contributed by atoms with van der Waals surface area (Å²) in [7, 11) is 0. The Morgan fingerprint density at radius 1 is 1.33 bits per heavy atom. The van der Waals surface area contributed by atoms with E-state index in [0.717, 1.165) is 23.8 Å². The molecule has 80 valence electrons. The van der Waals surface area contributed by atoms with E-state index in [1.54, 1.807) is 6.26 Å². The summed E-state index contributed by atoms with van der Waals surface area (Å²) in [6.07, 6.45) is 3.82. The van der Waals surface area contributed by atoms with Crippen LogP contribution in [0.3, 0.4) is 0 Å². The topological polar surface area (TPSA) is 18.1 Å². The second kappa shape index (κ2) is 5.12. The van der Waals surface area contributed by atoms with Crippen LogP contribution in [-0.4, -0.2) is 16.1 Å². The van der Waals surface area contributed by atoms with Crippen LogP contribution in [-0.2, 0) is 6.54 Å². The van der Waals surface area contributed by atoms with E-state index in [4.69, 9.17) is 4.42 Å². The van der Waals surface area contributed by atoms with Crippen LogP contribution in [0.1, 0.15) is 6.92 Å². The Kier molecular flexibility index (Phi) is 3.56. The van der Waals surface area contributed by atoms with Gasteiger partial charge in [-0.1, -0.05) is 6.92 Å². The fraction of sp³-hybridized carbons (Fsp3) is 0.333. The third-order valence-corrected chi connectivity index (χ3v) is 3.16. The summed E-state index contributed by atoms with van der Waals surface area (Å²) in [6, 6.07) is 8.08. The zero-order chi connectivity index (χ0) is 10.5. The molecule has 0 saturated carbocycles. The van der Waals surface area contributed by atoms with E-state index < -0.39 is 0 Å². The molecule has 0 bridgehead atoms. The number of aryl methyl sites for hydroxylation is 1. The molecular formula is C12H15NOS. The van der Waals surface area contributed by atoms with Gasteiger partial charge in [0.1, 0.15) is 5.76 Å². The molecule has 2 nitrogen and oxygen atoms in total. The van der Waals surface area contributed by atoms with Crippen molar-refractivity contribution in [3.8, 4) is 11.5 Å². The molecule has 0 aliphatic carbocycles. The average molecular weight is 221 g/mol. The average Bonchev–Trinajstić information content (AvgIpc) is 2.87. The largest absolute Gasteiger partial charge is 0.463 e. The van der Waals surface area contributed by atoms with Crippen LogP contribution >= 0.6 is 11.8 Å². The van der Waals surface area contributed by atoms with Crippen molar-refractivity contribution in [3.63, 3.8) is 0 Å². The van der Waals surface area contributed by atoms with E-state index in [-0.39, 0.29) is 0 Å². The Morgan fingerprint density at radius 2 is 2.27 bits per heavy atom. The maximum Gasteiger partial charge on any atom is 0.150 e. The van der Waals surface area contributed by atoms with Crippen LogP contribution < -0.4 is 0 Å². The Morgan fingerprint density at radius 3 is 3.00 bits per heavy atom. The van der Waals surface area contributed by atoms with Crippen molar-refractivity contribution >= 4 is 11.8 Å². The Hall–Kier alpha value is -1.09. The third kappa shape index (κ3) is 2.48. The first-order valence-corrected chi connectivity index (χ1v) is 6.34. The fourth-order valence-electron chi connectivity index (χ4n) is 1.56. The van der Waals surface area contributed by atoms with Gasteiger partial charge < -0.3 is 8.98 Å². The van der Waals surface area contributed by atoms with Crippen LogP contribution in [0.4, 0.5) is 0 Å². The Labute approximate surface area is 94.3 Å². The van der Waals surface area contributed by atoms with E-state index >= 15 is 0 Å². The number of aromatic nitrogens is 1. The van der Waals surface area contributed by atoms with Gasteiger partial charge in [0.15, 0.2) is 0 Å². The monoisotopic (exact) mass is 221 g/mol. The summed E-state index contributed by atoms with van der Waals surface area (Å²) in [4.78, 5) is 0. The highest BCUT2D eigenvalue weighted by molar-refractivity contribution is 7.99. The highest BCUT2D eigenvalue weighted by Crippen LogP contribution is 2.20. The lowest BCUT2D eigenvalue weighted by Gasteiger charge is -2.06. The van der Waals surface area contributed by atoms with E-state index in [0.29, 0.717) is 0 Å². The number of hydrogen-bond acceptors (Lipinski definition) is 2. The summed E-state index contributed by atoms with van der Waals surface area (Å²) in [5.74, 6) is 3.28. The van der Waals surface area contributed by atoms with Gasteiger partial charge in [-0.05, 0) is 30.0 Å². The summed E-state index contributed by atoms with van der Waals surface area (Å²) in [5.41, 5.74) is 1.16. The minimum absolute atomic E-state index is 0.946. The molecule has 0 radical (unpaired) electrons. The van der Waals surface area contributed by atoms with Crippen molar-refractivity contribution in [2.24, 2.45) is 0 Å². The van der Waals surface area contributed by atoms with Gasteiger partial charge in [0.25, 0.3) is 0 Å². The van der Waals surface area contributed by atoms with Crippen LogP contribution in [0, 0.1) is 0 Å². The molecule has 2 heterocycles. The predicted octanol–water partition coefficient (Wildman–Crippen LogP) is 3.50. The molecule has 2 aromatic heterocycles. The van der Waals surface area contributed by atoms with Gasteiger partial charge in [-0.15, -0.1) is 0 Å². The van der Waals surface area contributed by atoms with Crippen LogP contribution in [0.25, 0.3) is 11.5 Å². The lowest BCUT2D eigenvalue weighted by molar-refractivity contribution is 0.574. The SMILES string of the molecule is CCSCCn1cccc1-c1ccco1. The smallest absolute Gasteiger partial charge is 0.150 e. The molecule has 0 atom stereocenters. The van der Waals surface area contributed by atoms with Gasteiger partial charge in [0.2, 0.25) is 0 Å². The predicted molar refractivity (Wildman–Crippen MR) is 65.1 cm³/mol. The molecule has 0 spiro atoms. The van der Waals surface area contributed by atoms with E-state index in [9.17, 15) is 0 Å². The zero-order valence-corrected chi connectivity index (χ0v) is 9.67. The lowest BCUT2D eigenvalue weighted by Crippen LogP contribution is -2.00. The minimum Gasteiger partial charge on any atom is -0.463 e. The van der Waals surface area contributed by atoms with E-state index in [1.165, 1.54) is 5.75 Å². The van der Waals surface area contributed by atoms with Gasteiger partial charge in [0.05, 0.1) is 12.0 Å². The molecule has 0 aromatic carbocycles. The molecule has 2 rings (SSSR count). The Balaban J connectivity index is 2.09. The highest BCUT2D eigenvalue weighted by atomic mass is 32.2. The minimum atomic E-state index is 0.946. The van der Waals surface area contributed by atoms with E-state index in [2.05, 4.69) is 29.8 Å². The molecule has 3 heteroatoms. The van der Waals surface area contributed by atoms with Crippen LogP contribution in [0.15, 0.2) is 41.1 Å². The molecule has 15 heavy (non-hydrogen) atoms. The van der Waals surface area contributed by atoms with Gasteiger partial charge in [-0.3, -0.25) is 0 Å². The number of rotatable bonds is 5. The van der Waals surface area contributed by atoms with Crippen molar-refractivity contribution in [3.05, 3.63) is 36.7 Å². The van der Waals surface area contributed by atoms with Crippen molar-refractivity contribution in [1.29, 1.82) is 0 Å². The summed E-state index contributed by atoms with van der Waals surface area (Å²) >= 11 is 1.96. The summed E-state index contributed by atoms with van der Waals surface area (Å²) in [6.45, 7) is 3.23. The number of nitrogens with zero attached hydrogens (tertiary/aromatic N) is 1. The number of thioether (sulfide) groups is 1. The van der Waals surface area contributed by atoms with Crippen LogP contribution in [0.2, 0.25) is 0 Å². The molecule has 0 N–H and O–H groups in total. The van der Waals surface area contributed by atoms with Crippen molar-refractivity contribution in [2.75, 3.05) is 11.5 Å². The molecule has 2 aromatic rings. The quantitative estimate of drug-likeness (QED) is 0.719. The van der Waals surface area contributed by atoms with Crippen molar-refractivity contribution in [2.45, 2.75) is 13.5 Å². The second-order valence-corrected chi connectivity index (χ2v) is 4.65. The van der Waals surface area contributed by atoms with Gasteiger partial charge in [0, 0.05) is 18.5 Å². The first kappa shape index (κ1) is 10.4. The second-order valence-electron chi connectivity index (χ2n) is 3.26. The van der Waals surface area contributed by atoms with Crippen molar-refractivity contribution in [1.82, 2.24) is 4.57 Å². The molecule has 0 fully saturated rings. The highest BCUT2D eigenvalue weighted by Gasteiger charge is 2.05.